The second kappa shape index (κ2) is 7.23. The first-order chi connectivity index (χ1) is 11.5. The van der Waals surface area contributed by atoms with Gasteiger partial charge in [0.1, 0.15) is 11.6 Å². The van der Waals surface area contributed by atoms with Gasteiger partial charge in [-0.25, -0.2) is 4.39 Å². The van der Waals surface area contributed by atoms with Crippen LogP contribution in [-0.2, 0) is 0 Å². The number of rotatable bonds is 2. The lowest BCUT2D eigenvalue weighted by Crippen LogP contribution is -2.50. The molecule has 1 saturated heterocycles. The van der Waals surface area contributed by atoms with Crippen molar-refractivity contribution in [1.29, 1.82) is 0 Å². The first-order valence-electron chi connectivity index (χ1n) is 7.58. The molecule has 1 aliphatic heterocycles. The number of nitrogens with one attached hydrogen (secondary N) is 1. The average Bonchev–Trinajstić information content (AvgIpc) is 2.59. The van der Waals surface area contributed by atoms with E-state index in [1.54, 1.807) is 18.2 Å². The van der Waals surface area contributed by atoms with Crippen molar-refractivity contribution in [2.24, 2.45) is 0 Å². The summed E-state index contributed by atoms with van der Waals surface area (Å²) in [7, 11) is 0. The summed E-state index contributed by atoms with van der Waals surface area (Å²) in [5.41, 5.74) is 1.75. The molecule has 1 aliphatic rings. The highest BCUT2D eigenvalue weighted by atomic mass is 35.5. The van der Waals surface area contributed by atoms with E-state index < -0.39 is 5.82 Å². The SMILES string of the molecule is Oc1ccc(N2CCN(C(=S)Nc3ccc(F)c(Cl)c3)CC2)cc1. The molecule has 0 saturated carbocycles. The Labute approximate surface area is 150 Å². The Balaban J connectivity index is 1.56. The van der Waals surface area contributed by atoms with Crippen LogP contribution in [0.5, 0.6) is 5.75 Å². The third kappa shape index (κ3) is 3.88. The Morgan fingerprint density at radius 3 is 2.38 bits per heavy atom. The number of aromatic hydroxyl groups is 1. The third-order valence-electron chi connectivity index (χ3n) is 3.95. The summed E-state index contributed by atoms with van der Waals surface area (Å²) in [6.07, 6.45) is 0. The van der Waals surface area contributed by atoms with Crippen molar-refractivity contribution in [3.8, 4) is 5.75 Å². The summed E-state index contributed by atoms with van der Waals surface area (Å²) < 4.78 is 13.2. The van der Waals surface area contributed by atoms with Crippen molar-refractivity contribution in [2.45, 2.75) is 0 Å². The highest BCUT2D eigenvalue weighted by Crippen LogP contribution is 2.22. The van der Waals surface area contributed by atoms with Crippen LogP contribution in [0.2, 0.25) is 5.02 Å². The monoisotopic (exact) mass is 365 g/mol. The highest BCUT2D eigenvalue weighted by molar-refractivity contribution is 7.80. The van der Waals surface area contributed by atoms with Gasteiger partial charge in [0.15, 0.2) is 5.11 Å². The van der Waals surface area contributed by atoms with Crippen molar-refractivity contribution in [3.05, 3.63) is 53.3 Å². The van der Waals surface area contributed by atoms with Crippen molar-refractivity contribution in [1.82, 2.24) is 4.90 Å². The molecule has 4 nitrogen and oxygen atoms in total. The molecule has 126 valence electrons. The van der Waals surface area contributed by atoms with Crippen molar-refractivity contribution in [3.63, 3.8) is 0 Å². The van der Waals surface area contributed by atoms with E-state index in [-0.39, 0.29) is 10.8 Å². The smallest absolute Gasteiger partial charge is 0.173 e. The molecule has 0 atom stereocenters. The fourth-order valence-corrected chi connectivity index (χ4v) is 3.09. The summed E-state index contributed by atoms with van der Waals surface area (Å²) in [5, 5.41) is 13.1. The number of hydrogen-bond donors (Lipinski definition) is 2. The average molecular weight is 366 g/mol. The zero-order chi connectivity index (χ0) is 17.1. The van der Waals surface area contributed by atoms with Crippen LogP contribution in [-0.4, -0.2) is 41.3 Å². The minimum Gasteiger partial charge on any atom is -0.508 e. The van der Waals surface area contributed by atoms with Gasteiger partial charge in [0.25, 0.3) is 0 Å². The number of halogens is 2. The van der Waals surface area contributed by atoms with E-state index in [2.05, 4.69) is 15.1 Å². The summed E-state index contributed by atoms with van der Waals surface area (Å²) in [4.78, 5) is 4.32. The number of nitrogens with zero attached hydrogens (tertiary/aromatic N) is 2. The van der Waals surface area contributed by atoms with Crippen LogP contribution in [0.15, 0.2) is 42.5 Å². The van der Waals surface area contributed by atoms with Crippen molar-refractivity contribution < 1.29 is 9.50 Å². The molecule has 1 heterocycles. The highest BCUT2D eigenvalue weighted by Gasteiger charge is 2.19. The standard InChI is InChI=1S/C17H17ClFN3OS/c18-15-11-12(1-6-16(15)19)20-17(24)22-9-7-21(8-10-22)13-2-4-14(23)5-3-13/h1-6,11,23H,7-10H2,(H,20,24). The van der Waals surface area contributed by atoms with E-state index in [1.165, 1.54) is 12.1 Å². The van der Waals surface area contributed by atoms with Crippen LogP contribution < -0.4 is 10.2 Å². The largest absolute Gasteiger partial charge is 0.508 e. The first-order valence-corrected chi connectivity index (χ1v) is 8.36. The van der Waals surface area contributed by atoms with Crippen LogP contribution in [0.25, 0.3) is 0 Å². The summed E-state index contributed by atoms with van der Waals surface area (Å²) in [6, 6.07) is 11.6. The van der Waals surface area contributed by atoms with Gasteiger partial charge in [0, 0.05) is 37.6 Å². The summed E-state index contributed by atoms with van der Waals surface area (Å²) >= 11 is 11.2. The fraction of sp³-hybridized carbons (Fsp3) is 0.235. The first kappa shape index (κ1) is 16.8. The number of benzene rings is 2. The normalized spacial score (nSPS) is 14.6. The molecular formula is C17H17ClFN3OS. The Bertz CT molecular complexity index is 733. The van der Waals surface area contributed by atoms with Crippen LogP contribution in [0.3, 0.4) is 0 Å². The van der Waals surface area contributed by atoms with E-state index in [9.17, 15) is 9.50 Å². The molecule has 2 N–H and O–H groups in total. The quantitative estimate of drug-likeness (QED) is 0.794. The van der Waals surface area contributed by atoms with Gasteiger partial charge in [-0.2, -0.15) is 0 Å². The van der Waals surface area contributed by atoms with Crippen LogP contribution in [0, 0.1) is 5.82 Å². The fourth-order valence-electron chi connectivity index (χ4n) is 2.61. The van der Waals surface area contributed by atoms with Crippen LogP contribution in [0.4, 0.5) is 15.8 Å². The Morgan fingerprint density at radius 2 is 1.75 bits per heavy atom. The van der Waals surface area contributed by atoms with Crippen LogP contribution in [0.1, 0.15) is 0 Å². The maximum absolute atomic E-state index is 13.2. The maximum Gasteiger partial charge on any atom is 0.173 e. The lowest BCUT2D eigenvalue weighted by atomic mass is 10.2. The maximum atomic E-state index is 13.2. The second-order valence-electron chi connectivity index (χ2n) is 5.55. The minimum atomic E-state index is -0.448. The van der Waals surface area contributed by atoms with E-state index in [4.69, 9.17) is 23.8 Å². The molecule has 0 bridgehead atoms. The van der Waals surface area contributed by atoms with Crippen molar-refractivity contribution >= 4 is 40.3 Å². The topological polar surface area (TPSA) is 38.7 Å². The molecule has 24 heavy (non-hydrogen) atoms. The van der Waals surface area contributed by atoms with Gasteiger partial charge in [-0.15, -0.1) is 0 Å². The lowest BCUT2D eigenvalue weighted by molar-refractivity contribution is 0.391. The number of hydrogen-bond acceptors (Lipinski definition) is 3. The number of phenolic OH excluding ortho intramolecular Hbond substituents is 1. The molecule has 2 aromatic carbocycles. The Kier molecular flexibility index (Phi) is 5.06. The van der Waals surface area contributed by atoms with Gasteiger partial charge in [-0.3, -0.25) is 0 Å². The van der Waals surface area contributed by atoms with Gasteiger partial charge in [0.2, 0.25) is 0 Å². The predicted octanol–water partition coefficient (Wildman–Crippen LogP) is 3.70. The number of thiocarbonyl (C=S) groups is 1. The van der Waals surface area contributed by atoms with Gasteiger partial charge < -0.3 is 20.2 Å². The summed E-state index contributed by atoms with van der Waals surface area (Å²) in [5.74, 6) is -0.184. The zero-order valence-corrected chi connectivity index (χ0v) is 14.4. The molecule has 0 radical (unpaired) electrons. The van der Waals surface area contributed by atoms with Gasteiger partial charge in [0.05, 0.1) is 5.02 Å². The third-order valence-corrected chi connectivity index (χ3v) is 4.60. The second-order valence-corrected chi connectivity index (χ2v) is 6.34. The molecule has 0 amide bonds. The number of phenols is 1. The molecule has 0 aromatic heterocycles. The molecule has 7 heteroatoms. The van der Waals surface area contributed by atoms with E-state index in [0.29, 0.717) is 10.8 Å². The molecule has 0 spiro atoms. The number of anilines is 2. The molecule has 2 aromatic rings. The molecule has 0 aliphatic carbocycles. The van der Waals surface area contributed by atoms with E-state index in [1.807, 2.05) is 12.1 Å². The van der Waals surface area contributed by atoms with E-state index in [0.717, 1.165) is 31.9 Å². The molecular weight excluding hydrogens is 349 g/mol. The van der Waals surface area contributed by atoms with E-state index >= 15 is 0 Å². The van der Waals surface area contributed by atoms with Crippen LogP contribution >= 0.6 is 23.8 Å². The number of piperazine rings is 1. The molecule has 3 rings (SSSR count). The van der Waals surface area contributed by atoms with Gasteiger partial charge in [-0.05, 0) is 54.7 Å². The zero-order valence-electron chi connectivity index (χ0n) is 12.9. The predicted molar refractivity (Wildman–Crippen MR) is 99.5 cm³/mol. The van der Waals surface area contributed by atoms with Gasteiger partial charge >= 0.3 is 0 Å². The molecule has 1 fully saturated rings. The summed E-state index contributed by atoms with van der Waals surface area (Å²) in [6.45, 7) is 3.22. The van der Waals surface area contributed by atoms with Crippen molar-refractivity contribution in [2.75, 3.05) is 36.4 Å². The van der Waals surface area contributed by atoms with Gasteiger partial charge in [-0.1, -0.05) is 11.6 Å². The molecule has 0 unspecified atom stereocenters. The lowest BCUT2D eigenvalue weighted by Gasteiger charge is -2.37. The minimum absolute atomic E-state index is 0.0694. The Hall–Kier alpha value is -2.05. The Morgan fingerprint density at radius 1 is 1.08 bits per heavy atom.